The van der Waals surface area contributed by atoms with Crippen LogP contribution in [0.25, 0.3) is 0 Å². The highest BCUT2D eigenvalue weighted by Gasteiger charge is 2.26. The number of aromatic nitrogens is 2. The number of hydrogen-bond donors (Lipinski definition) is 1. The van der Waals surface area contributed by atoms with Crippen LogP contribution < -0.4 is 0 Å². The lowest BCUT2D eigenvalue weighted by molar-refractivity contribution is -0.140. The molecule has 1 unspecified atom stereocenters. The van der Waals surface area contributed by atoms with E-state index >= 15 is 0 Å². The molecule has 1 saturated heterocycles. The molecule has 0 radical (unpaired) electrons. The Labute approximate surface area is 111 Å². The van der Waals surface area contributed by atoms with Gasteiger partial charge in [0.1, 0.15) is 0 Å². The zero-order valence-electron chi connectivity index (χ0n) is 11.0. The molecule has 1 N–H and O–H groups in total. The van der Waals surface area contributed by atoms with E-state index < -0.39 is 5.97 Å². The number of carboxylic acid groups (broad SMARTS) is 1. The monoisotopic (exact) mass is 269 g/mol. The van der Waals surface area contributed by atoms with Gasteiger partial charge in [0.2, 0.25) is 5.89 Å². The van der Waals surface area contributed by atoms with E-state index in [1.54, 1.807) is 0 Å². The van der Waals surface area contributed by atoms with Crippen molar-refractivity contribution >= 4 is 5.97 Å². The second-order valence-electron chi connectivity index (χ2n) is 4.65. The molecule has 0 amide bonds. The first kappa shape index (κ1) is 14.0. The number of carboxylic acids is 1. The van der Waals surface area contributed by atoms with Gasteiger partial charge in [-0.1, -0.05) is 12.1 Å². The zero-order valence-corrected chi connectivity index (χ0v) is 11.0. The second kappa shape index (κ2) is 6.63. The summed E-state index contributed by atoms with van der Waals surface area (Å²) < 4.78 is 10.5. The van der Waals surface area contributed by atoms with Crippen molar-refractivity contribution < 1.29 is 19.2 Å². The summed E-state index contributed by atoms with van der Waals surface area (Å²) in [6, 6.07) is -0.132. The van der Waals surface area contributed by atoms with Crippen molar-refractivity contribution in [2.24, 2.45) is 0 Å². The molecule has 106 valence electrons. The van der Waals surface area contributed by atoms with Crippen molar-refractivity contribution in [3.8, 4) is 0 Å². The molecule has 1 atom stereocenters. The summed E-state index contributed by atoms with van der Waals surface area (Å²) in [6.07, 6.45) is 1.83. The predicted molar refractivity (Wildman–Crippen MR) is 65.6 cm³/mol. The molecule has 0 spiro atoms. The standard InChI is InChI=1S/C12H19N3O4/c1-2-3-10-13-11(19-14-10)7-15-4-5-18-8-9(15)6-12(16)17/h9H,2-8H2,1H3,(H,16,17). The van der Waals surface area contributed by atoms with Gasteiger partial charge in [-0.25, -0.2) is 0 Å². The lowest BCUT2D eigenvalue weighted by atomic mass is 10.1. The van der Waals surface area contributed by atoms with E-state index in [0.717, 1.165) is 12.8 Å². The summed E-state index contributed by atoms with van der Waals surface area (Å²) in [7, 11) is 0. The third kappa shape index (κ3) is 4.00. The molecule has 2 heterocycles. The Kier molecular flexibility index (Phi) is 4.86. The number of ether oxygens (including phenoxy) is 1. The van der Waals surface area contributed by atoms with E-state index in [2.05, 4.69) is 17.1 Å². The number of aryl methyl sites for hydroxylation is 1. The van der Waals surface area contributed by atoms with Crippen LogP contribution in [0.1, 0.15) is 31.5 Å². The van der Waals surface area contributed by atoms with Gasteiger partial charge in [-0.05, 0) is 6.42 Å². The third-order valence-corrected chi connectivity index (χ3v) is 3.08. The summed E-state index contributed by atoms with van der Waals surface area (Å²) >= 11 is 0. The second-order valence-corrected chi connectivity index (χ2v) is 4.65. The number of morpholine rings is 1. The smallest absolute Gasteiger partial charge is 0.305 e. The summed E-state index contributed by atoms with van der Waals surface area (Å²) in [4.78, 5) is 17.1. The fourth-order valence-corrected chi connectivity index (χ4v) is 2.14. The summed E-state index contributed by atoms with van der Waals surface area (Å²) in [5, 5.41) is 12.8. The Morgan fingerprint density at radius 2 is 2.42 bits per heavy atom. The Morgan fingerprint density at radius 3 is 3.16 bits per heavy atom. The van der Waals surface area contributed by atoms with Crippen LogP contribution in [0.5, 0.6) is 0 Å². The van der Waals surface area contributed by atoms with E-state index in [4.69, 9.17) is 14.4 Å². The molecule has 0 saturated carbocycles. The van der Waals surface area contributed by atoms with Crippen LogP contribution in [0.3, 0.4) is 0 Å². The predicted octanol–water partition coefficient (Wildman–Crippen LogP) is 0.698. The van der Waals surface area contributed by atoms with E-state index in [1.165, 1.54) is 0 Å². The first-order valence-electron chi connectivity index (χ1n) is 6.54. The highest BCUT2D eigenvalue weighted by Crippen LogP contribution is 2.14. The van der Waals surface area contributed by atoms with Gasteiger partial charge < -0.3 is 14.4 Å². The maximum atomic E-state index is 10.8. The molecule has 0 aliphatic carbocycles. The Hall–Kier alpha value is -1.47. The average molecular weight is 269 g/mol. The molecule has 0 aromatic carbocycles. The van der Waals surface area contributed by atoms with E-state index in [9.17, 15) is 4.79 Å². The highest BCUT2D eigenvalue weighted by atomic mass is 16.5. The maximum Gasteiger partial charge on any atom is 0.305 e. The SMILES string of the molecule is CCCc1noc(CN2CCOCC2CC(=O)O)n1. The number of aliphatic carboxylic acids is 1. The van der Waals surface area contributed by atoms with Gasteiger partial charge in [0.15, 0.2) is 5.82 Å². The van der Waals surface area contributed by atoms with Crippen LogP contribution in [-0.4, -0.2) is 51.9 Å². The Morgan fingerprint density at radius 1 is 1.58 bits per heavy atom. The normalized spacial score (nSPS) is 20.6. The molecule has 7 heteroatoms. The Bertz CT molecular complexity index is 421. The molecule has 1 aromatic rings. The van der Waals surface area contributed by atoms with Crippen molar-refractivity contribution in [1.82, 2.24) is 15.0 Å². The van der Waals surface area contributed by atoms with Gasteiger partial charge >= 0.3 is 5.97 Å². The topological polar surface area (TPSA) is 88.7 Å². The molecule has 0 bridgehead atoms. The fourth-order valence-electron chi connectivity index (χ4n) is 2.14. The van der Waals surface area contributed by atoms with Crippen molar-refractivity contribution in [2.45, 2.75) is 38.8 Å². The molecule has 7 nitrogen and oxygen atoms in total. The first-order chi connectivity index (χ1) is 9.19. The molecular formula is C12H19N3O4. The zero-order chi connectivity index (χ0) is 13.7. The number of hydrogen-bond acceptors (Lipinski definition) is 6. The van der Waals surface area contributed by atoms with E-state index in [1.807, 2.05) is 4.90 Å². The van der Waals surface area contributed by atoms with Gasteiger partial charge in [-0.2, -0.15) is 4.98 Å². The maximum absolute atomic E-state index is 10.8. The lowest BCUT2D eigenvalue weighted by Gasteiger charge is -2.33. The third-order valence-electron chi connectivity index (χ3n) is 3.08. The number of rotatable bonds is 6. The first-order valence-corrected chi connectivity index (χ1v) is 6.54. The average Bonchev–Trinajstić information content (AvgIpc) is 2.79. The van der Waals surface area contributed by atoms with Gasteiger partial charge in [0.25, 0.3) is 0 Å². The van der Waals surface area contributed by atoms with Gasteiger partial charge in [0.05, 0.1) is 26.2 Å². The molecule has 1 fully saturated rings. The van der Waals surface area contributed by atoms with Crippen molar-refractivity contribution in [3.05, 3.63) is 11.7 Å². The molecular weight excluding hydrogens is 250 g/mol. The summed E-state index contributed by atoms with van der Waals surface area (Å²) in [5.41, 5.74) is 0. The van der Waals surface area contributed by atoms with Crippen LogP contribution in [0.4, 0.5) is 0 Å². The molecule has 1 aliphatic rings. The highest BCUT2D eigenvalue weighted by molar-refractivity contribution is 5.67. The van der Waals surface area contributed by atoms with Crippen molar-refractivity contribution in [3.63, 3.8) is 0 Å². The largest absolute Gasteiger partial charge is 0.481 e. The minimum absolute atomic E-state index is 0.0654. The van der Waals surface area contributed by atoms with Gasteiger partial charge in [-0.3, -0.25) is 9.69 Å². The molecule has 1 aliphatic heterocycles. The molecule has 19 heavy (non-hydrogen) atoms. The van der Waals surface area contributed by atoms with Gasteiger partial charge in [0, 0.05) is 19.0 Å². The van der Waals surface area contributed by atoms with Crippen LogP contribution in [0, 0.1) is 0 Å². The fraction of sp³-hybridized carbons (Fsp3) is 0.750. The molecule has 1 aromatic heterocycles. The minimum atomic E-state index is -0.822. The minimum Gasteiger partial charge on any atom is -0.481 e. The van der Waals surface area contributed by atoms with Crippen LogP contribution in [-0.2, 0) is 22.5 Å². The van der Waals surface area contributed by atoms with E-state index in [0.29, 0.717) is 38.0 Å². The van der Waals surface area contributed by atoms with E-state index in [-0.39, 0.29) is 12.5 Å². The van der Waals surface area contributed by atoms with Crippen LogP contribution in [0.15, 0.2) is 4.52 Å². The quantitative estimate of drug-likeness (QED) is 0.813. The number of carbonyl (C=O) groups is 1. The van der Waals surface area contributed by atoms with Crippen LogP contribution >= 0.6 is 0 Å². The van der Waals surface area contributed by atoms with Gasteiger partial charge in [-0.15, -0.1) is 0 Å². The lowest BCUT2D eigenvalue weighted by Crippen LogP contribution is -2.45. The molecule has 2 rings (SSSR count). The summed E-state index contributed by atoms with van der Waals surface area (Å²) in [5.74, 6) is 0.430. The number of nitrogens with zero attached hydrogens (tertiary/aromatic N) is 3. The van der Waals surface area contributed by atoms with Crippen molar-refractivity contribution in [2.75, 3.05) is 19.8 Å². The van der Waals surface area contributed by atoms with Crippen molar-refractivity contribution in [1.29, 1.82) is 0 Å². The Balaban J connectivity index is 1.95. The summed E-state index contributed by atoms with van der Waals surface area (Å²) in [6.45, 7) is 4.26. The van der Waals surface area contributed by atoms with Crippen LogP contribution in [0.2, 0.25) is 0 Å².